The lowest BCUT2D eigenvalue weighted by atomic mass is 10.0. The van der Waals surface area contributed by atoms with E-state index < -0.39 is 41.4 Å². The van der Waals surface area contributed by atoms with Crippen molar-refractivity contribution >= 4 is 21.8 Å². The van der Waals surface area contributed by atoms with Crippen LogP contribution >= 0.6 is 15.9 Å². The number of rotatable bonds is 4. The molecule has 5 nitrogen and oxygen atoms in total. The summed E-state index contributed by atoms with van der Waals surface area (Å²) in [6, 6.07) is 0.202. The van der Waals surface area contributed by atoms with E-state index in [0.717, 1.165) is 4.57 Å². The van der Waals surface area contributed by atoms with Gasteiger partial charge in [-0.3, -0.25) is 4.79 Å². The zero-order chi connectivity index (χ0) is 21.5. The number of nitrogens with two attached hydrogens (primary N) is 1. The summed E-state index contributed by atoms with van der Waals surface area (Å²) in [7, 11) is 0. The Labute approximate surface area is 169 Å². The largest absolute Gasteiger partial charge is 0.449 e. The summed E-state index contributed by atoms with van der Waals surface area (Å²) in [6.07, 6.45) is -5.07. The fourth-order valence-corrected chi connectivity index (χ4v) is 3.69. The van der Waals surface area contributed by atoms with Crippen LogP contribution in [0.5, 0.6) is 0 Å². The molecule has 0 saturated heterocycles. The zero-order valence-electron chi connectivity index (χ0n) is 14.7. The summed E-state index contributed by atoms with van der Waals surface area (Å²) in [5.41, 5.74) is 5.89. The fraction of sp³-hybridized carbons (Fsp3) is 0.412. The van der Waals surface area contributed by atoms with E-state index in [2.05, 4.69) is 20.9 Å². The number of alkyl halides is 3. The molecular weight excluding hydrogens is 470 g/mol. The molecule has 1 unspecified atom stereocenters. The van der Waals surface area contributed by atoms with Gasteiger partial charge in [-0.05, 0) is 34.0 Å². The normalized spacial score (nSPS) is 15.4. The van der Waals surface area contributed by atoms with E-state index in [0.29, 0.717) is 12.1 Å². The number of hydrogen-bond acceptors (Lipinski definition) is 3. The highest BCUT2D eigenvalue weighted by Gasteiger charge is 2.40. The van der Waals surface area contributed by atoms with E-state index in [4.69, 9.17) is 5.73 Å². The van der Waals surface area contributed by atoms with Crippen molar-refractivity contribution in [2.24, 2.45) is 5.73 Å². The Morgan fingerprint density at radius 2 is 1.83 bits per heavy atom. The highest BCUT2D eigenvalue weighted by Crippen LogP contribution is 2.34. The highest BCUT2D eigenvalue weighted by molar-refractivity contribution is 9.10. The molecule has 3 rings (SSSR count). The third-order valence-corrected chi connectivity index (χ3v) is 5.21. The average Bonchev–Trinajstić information content (AvgIpc) is 2.96. The van der Waals surface area contributed by atoms with Gasteiger partial charge in [-0.25, -0.2) is 18.2 Å². The molecule has 0 aliphatic carbocycles. The van der Waals surface area contributed by atoms with Crippen LogP contribution in [0, 0.1) is 17.5 Å². The number of amides is 1. The molecule has 1 atom stereocenters. The van der Waals surface area contributed by atoms with Crippen molar-refractivity contribution in [3.63, 3.8) is 0 Å². The predicted molar refractivity (Wildman–Crippen MR) is 93.0 cm³/mol. The maximum Gasteiger partial charge on any atom is 0.449 e. The molecule has 1 aromatic carbocycles. The zero-order valence-corrected chi connectivity index (χ0v) is 16.3. The summed E-state index contributed by atoms with van der Waals surface area (Å²) in [5, 5.41) is 0. The van der Waals surface area contributed by atoms with E-state index in [1.807, 2.05) is 0 Å². The van der Waals surface area contributed by atoms with Gasteiger partial charge in [0.25, 0.3) is 0 Å². The SMILES string of the molecule is NC(CC(=O)N1CCn2c(C(F)(F)F)nc(Br)c2C1)Cc1cc(F)c(F)cc1F. The monoisotopic (exact) mass is 484 g/mol. The van der Waals surface area contributed by atoms with Crippen LogP contribution in [0.2, 0.25) is 0 Å². The Balaban J connectivity index is 1.67. The van der Waals surface area contributed by atoms with Gasteiger partial charge in [0.05, 0.1) is 12.2 Å². The van der Waals surface area contributed by atoms with Gasteiger partial charge in [0.1, 0.15) is 10.4 Å². The first kappa shape index (κ1) is 21.6. The van der Waals surface area contributed by atoms with Gasteiger partial charge in [0.2, 0.25) is 11.7 Å². The number of carbonyl (C=O) groups excluding carboxylic acids is 1. The molecule has 0 spiro atoms. The molecule has 2 aromatic rings. The smallest absolute Gasteiger partial charge is 0.335 e. The van der Waals surface area contributed by atoms with E-state index >= 15 is 0 Å². The standard InChI is InChI=1S/C17H15BrF6N4O/c18-15-13-7-27(1-2-28(13)16(26-15)17(22,23)24)14(29)5-9(25)3-8-4-11(20)12(21)6-10(8)19/h4,6,9H,1-3,5,7,25H2. The van der Waals surface area contributed by atoms with Crippen molar-refractivity contribution in [2.75, 3.05) is 6.54 Å². The first-order chi connectivity index (χ1) is 13.5. The van der Waals surface area contributed by atoms with Crippen molar-refractivity contribution in [1.82, 2.24) is 14.5 Å². The summed E-state index contributed by atoms with van der Waals surface area (Å²) in [6.45, 7) is -0.180. The molecule has 0 fully saturated rings. The van der Waals surface area contributed by atoms with Crippen LogP contribution in [-0.4, -0.2) is 32.9 Å². The van der Waals surface area contributed by atoms with Crippen molar-refractivity contribution in [3.05, 3.63) is 51.3 Å². The van der Waals surface area contributed by atoms with Crippen molar-refractivity contribution in [1.29, 1.82) is 0 Å². The van der Waals surface area contributed by atoms with Crippen LogP contribution in [0.3, 0.4) is 0 Å². The average molecular weight is 485 g/mol. The second kappa shape index (κ2) is 7.98. The number of hydrogen-bond donors (Lipinski definition) is 1. The van der Waals surface area contributed by atoms with Crippen LogP contribution < -0.4 is 5.73 Å². The second-order valence-corrected chi connectivity index (χ2v) is 7.41. The minimum absolute atomic E-state index is 0.00418. The summed E-state index contributed by atoms with van der Waals surface area (Å²) >= 11 is 2.99. The number of nitrogens with zero attached hydrogens (tertiary/aromatic N) is 3. The van der Waals surface area contributed by atoms with Gasteiger partial charge in [-0.1, -0.05) is 0 Å². The third-order valence-electron chi connectivity index (χ3n) is 4.57. The van der Waals surface area contributed by atoms with Crippen LogP contribution in [-0.2, 0) is 30.5 Å². The summed E-state index contributed by atoms with van der Waals surface area (Å²) < 4.78 is 80.1. The lowest BCUT2D eigenvalue weighted by Gasteiger charge is -2.30. The topological polar surface area (TPSA) is 64.2 Å². The fourth-order valence-electron chi connectivity index (χ4n) is 3.19. The molecule has 1 amide bonds. The maximum absolute atomic E-state index is 13.7. The van der Waals surface area contributed by atoms with Crippen LogP contribution in [0.4, 0.5) is 26.3 Å². The Hall–Kier alpha value is -2.08. The van der Waals surface area contributed by atoms with E-state index in [1.165, 1.54) is 4.90 Å². The minimum atomic E-state index is -4.62. The number of halogens is 7. The molecule has 12 heteroatoms. The Kier molecular flexibility index (Phi) is 5.95. The number of imidazole rings is 1. The molecular formula is C17H15BrF6N4O. The summed E-state index contributed by atoms with van der Waals surface area (Å²) in [4.78, 5) is 17.3. The molecule has 158 valence electrons. The third kappa shape index (κ3) is 4.58. The molecule has 0 bridgehead atoms. The van der Waals surface area contributed by atoms with Gasteiger partial charge in [-0.15, -0.1) is 0 Å². The molecule has 29 heavy (non-hydrogen) atoms. The lowest BCUT2D eigenvalue weighted by molar-refractivity contribution is -0.148. The predicted octanol–water partition coefficient (Wildman–Crippen LogP) is 3.38. The second-order valence-electron chi connectivity index (χ2n) is 6.66. The quantitative estimate of drug-likeness (QED) is 0.534. The maximum atomic E-state index is 13.7. The molecule has 1 aliphatic rings. The van der Waals surface area contributed by atoms with Gasteiger partial charge >= 0.3 is 6.18 Å². The molecule has 1 aromatic heterocycles. The number of carbonyl (C=O) groups is 1. The van der Waals surface area contributed by atoms with E-state index in [1.54, 1.807) is 0 Å². The Morgan fingerprint density at radius 1 is 1.17 bits per heavy atom. The van der Waals surface area contributed by atoms with Crippen LogP contribution in [0.15, 0.2) is 16.7 Å². The van der Waals surface area contributed by atoms with Gasteiger partial charge in [-0.2, -0.15) is 13.2 Å². The van der Waals surface area contributed by atoms with E-state index in [-0.39, 0.29) is 48.3 Å². The highest BCUT2D eigenvalue weighted by atomic mass is 79.9. The Morgan fingerprint density at radius 3 is 2.48 bits per heavy atom. The van der Waals surface area contributed by atoms with Gasteiger partial charge in [0.15, 0.2) is 11.6 Å². The molecule has 2 N–H and O–H groups in total. The number of fused-ring (bicyclic) bond motifs is 1. The lowest BCUT2D eigenvalue weighted by Crippen LogP contribution is -2.41. The number of benzene rings is 1. The van der Waals surface area contributed by atoms with Crippen molar-refractivity contribution < 1.29 is 31.1 Å². The van der Waals surface area contributed by atoms with Crippen LogP contribution in [0.25, 0.3) is 0 Å². The Bertz CT molecular complexity index is 945. The van der Waals surface area contributed by atoms with Crippen LogP contribution in [0.1, 0.15) is 23.5 Å². The minimum Gasteiger partial charge on any atom is -0.335 e. The van der Waals surface area contributed by atoms with Gasteiger partial charge < -0.3 is 15.2 Å². The summed E-state index contributed by atoms with van der Waals surface area (Å²) in [5.74, 6) is -5.03. The molecule has 0 radical (unpaired) electrons. The molecule has 2 heterocycles. The van der Waals surface area contributed by atoms with E-state index in [9.17, 15) is 31.1 Å². The van der Waals surface area contributed by atoms with Crippen molar-refractivity contribution in [2.45, 2.75) is 38.1 Å². The number of aromatic nitrogens is 2. The molecule has 0 saturated carbocycles. The van der Waals surface area contributed by atoms with Gasteiger partial charge in [0, 0.05) is 31.6 Å². The molecule has 1 aliphatic heterocycles. The first-order valence-electron chi connectivity index (χ1n) is 8.46. The van der Waals surface area contributed by atoms with Crippen molar-refractivity contribution in [3.8, 4) is 0 Å². The first-order valence-corrected chi connectivity index (χ1v) is 9.25.